The van der Waals surface area contributed by atoms with E-state index in [0.717, 1.165) is 10.7 Å². The summed E-state index contributed by atoms with van der Waals surface area (Å²) in [7, 11) is 1.79. The number of imidazole rings is 1. The van der Waals surface area contributed by atoms with Gasteiger partial charge in [-0.15, -0.1) is 0 Å². The number of aliphatic hydroxyl groups is 1. The summed E-state index contributed by atoms with van der Waals surface area (Å²) in [4.78, 5) is 18.7. The SMILES string of the molecule is CC(NC(=O)CN(C)CCO)c1cn2ncsc2n1. The van der Waals surface area contributed by atoms with E-state index in [2.05, 4.69) is 15.4 Å². The number of hydrogen-bond acceptors (Lipinski definition) is 6. The van der Waals surface area contributed by atoms with Gasteiger partial charge in [-0.1, -0.05) is 11.3 Å². The van der Waals surface area contributed by atoms with E-state index in [0.29, 0.717) is 6.54 Å². The van der Waals surface area contributed by atoms with E-state index >= 15 is 0 Å². The van der Waals surface area contributed by atoms with E-state index in [9.17, 15) is 4.79 Å². The molecule has 2 aromatic heterocycles. The average molecular weight is 283 g/mol. The second-order valence-corrected chi connectivity index (χ2v) is 5.19. The molecule has 0 saturated carbocycles. The lowest BCUT2D eigenvalue weighted by Gasteiger charge is -2.17. The molecule has 0 spiro atoms. The number of fused-ring (bicyclic) bond motifs is 1. The summed E-state index contributed by atoms with van der Waals surface area (Å²) in [5, 5.41) is 15.7. The standard InChI is InChI=1S/C11H17N5O2S/c1-8(13-10(18)6-15(2)3-4-17)9-5-16-11(14-9)19-7-12-16/h5,7-8,17H,3-4,6H2,1-2H3,(H,13,18). The van der Waals surface area contributed by atoms with Crippen LogP contribution in [0.25, 0.3) is 4.96 Å². The molecule has 2 heterocycles. The maximum absolute atomic E-state index is 11.8. The van der Waals surface area contributed by atoms with Crippen LogP contribution in [0.2, 0.25) is 0 Å². The lowest BCUT2D eigenvalue weighted by atomic mass is 10.2. The molecule has 7 nitrogen and oxygen atoms in total. The minimum Gasteiger partial charge on any atom is -0.395 e. The number of aliphatic hydroxyl groups excluding tert-OH is 1. The highest BCUT2D eigenvalue weighted by Gasteiger charge is 2.14. The fraction of sp³-hybridized carbons (Fsp3) is 0.545. The minimum atomic E-state index is -0.163. The van der Waals surface area contributed by atoms with Gasteiger partial charge in [0, 0.05) is 6.54 Å². The van der Waals surface area contributed by atoms with Crippen LogP contribution >= 0.6 is 11.3 Å². The zero-order chi connectivity index (χ0) is 13.8. The fourth-order valence-electron chi connectivity index (χ4n) is 1.72. The minimum absolute atomic E-state index is 0.0440. The molecule has 2 rings (SSSR count). The molecule has 1 unspecified atom stereocenters. The topological polar surface area (TPSA) is 82.8 Å². The Balaban J connectivity index is 1.91. The van der Waals surface area contributed by atoms with Gasteiger partial charge in [-0.2, -0.15) is 5.10 Å². The Hall–Kier alpha value is -1.51. The molecule has 1 amide bonds. The van der Waals surface area contributed by atoms with Crippen LogP contribution in [-0.2, 0) is 4.79 Å². The van der Waals surface area contributed by atoms with E-state index in [1.807, 2.05) is 13.1 Å². The molecule has 0 saturated heterocycles. The summed E-state index contributed by atoms with van der Waals surface area (Å²) >= 11 is 1.45. The van der Waals surface area contributed by atoms with Crippen molar-refractivity contribution in [3.8, 4) is 0 Å². The van der Waals surface area contributed by atoms with Crippen molar-refractivity contribution in [3.63, 3.8) is 0 Å². The van der Waals surface area contributed by atoms with E-state index < -0.39 is 0 Å². The van der Waals surface area contributed by atoms with Gasteiger partial charge in [-0.25, -0.2) is 9.50 Å². The smallest absolute Gasteiger partial charge is 0.234 e. The van der Waals surface area contributed by atoms with Crippen molar-refractivity contribution in [1.82, 2.24) is 24.8 Å². The summed E-state index contributed by atoms with van der Waals surface area (Å²) < 4.78 is 1.69. The molecular weight excluding hydrogens is 266 g/mol. The van der Waals surface area contributed by atoms with Crippen molar-refractivity contribution in [1.29, 1.82) is 0 Å². The first kappa shape index (κ1) is 13.9. The van der Waals surface area contributed by atoms with Crippen molar-refractivity contribution in [2.75, 3.05) is 26.7 Å². The monoisotopic (exact) mass is 283 g/mol. The molecule has 0 aliphatic carbocycles. The molecule has 0 fully saturated rings. The Morgan fingerprint density at radius 2 is 2.47 bits per heavy atom. The normalized spacial score (nSPS) is 13.1. The van der Waals surface area contributed by atoms with Crippen molar-refractivity contribution < 1.29 is 9.90 Å². The first-order chi connectivity index (χ1) is 9.10. The van der Waals surface area contributed by atoms with E-state index in [1.165, 1.54) is 11.3 Å². The molecule has 2 N–H and O–H groups in total. The van der Waals surface area contributed by atoms with Crippen LogP contribution in [0.3, 0.4) is 0 Å². The van der Waals surface area contributed by atoms with E-state index in [4.69, 9.17) is 5.11 Å². The number of carbonyl (C=O) groups excluding carboxylic acids is 1. The molecule has 104 valence electrons. The summed E-state index contributed by atoms with van der Waals surface area (Å²) in [5.74, 6) is -0.0900. The number of aromatic nitrogens is 3. The lowest BCUT2D eigenvalue weighted by Crippen LogP contribution is -2.37. The summed E-state index contributed by atoms with van der Waals surface area (Å²) in [6, 6.07) is -0.163. The summed E-state index contributed by atoms with van der Waals surface area (Å²) in [5.41, 5.74) is 2.51. The number of nitrogens with one attached hydrogen (secondary N) is 1. The largest absolute Gasteiger partial charge is 0.395 e. The Labute approximate surface area is 114 Å². The zero-order valence-corrected chi connectivity index (χ0v) is 11.7. The van der Waals surface area contributed by atoms with Gasteiger partial charge < -0.3 is 10.4 Å². The number of rotatable bonds is 6. The predicted octanol–water partition coefficient (Wildman–Crippen LogP) is -0.108. The van der Waals surface area contributed by atoms with Crippen LogP contribution in [-0.4, -0.2) is 57.3 Å². The number of nitrogens with zero attached hydrogens (tertiary/aromatic N) is 4. The van der Waals surface area contributed by atoms with Gasteiger partial charge in [0.15, 0.2) is 0 Å². The van der Waals surface area contributed by atoms with E-state index in [-0.39, 0.29) is 25.1 Å². The molecule has 0 aliphatic rings. The average Bonchev–Trinajstić information content (AvgIpc) is 2.88. The first-order valence-corrected chi connectivity index (χ1v) is 6.85. The Bertz CT molecular complexity index is 524. The van der Waals surface area contributed by atoms with Crippen LogP contribution in [0.15, 0.2) is 11.7 Å². The van der Waals surface area contributed by atoms with Crippen molar-refractivity contribution in [2.45, 2.75) is 13.0 Å². The Kier molecular flexibility index (Phi) is 4.46. The van der Waals surface area contributed by atoms with Crippen LogP contribution in [0, 0.1) is 0 Å². The Morgan fingerprint density at radius 3 is 3.16 bits per heavy atom. The molecule has 0 radical (unpaired) electrons. The number of likely N-dealkylation sites (N-methyl/N-ethyl adjacent to an activating group) is 1. The highest BCUT2D eigenvalue weighted by molar-refractivity contribution is 7.14. The van der Waals surface area contributed by atoms with Crippen LogP contribution in [0.1, 0.15) is 18.7 Å². The highest BCUT2D eigenvalue weighted by atomic mass is 32.1. The van der Waals surface area contributed by atoms with Crippen molar-refractivity contribution >= 4 is 22.2 Å². The third kappa shape index (κ3) is 3.49. The van der Waals surface area contributed by atoms with Gasteiger partial charge >= 0.3 is 0 Å². The third-order valence-corrected chi connectivity index (χ3v) is 3.41. The van der Waals surface area contributed by atoms with Gasteiger partial charge in [-0.05, 0) is 14.0 Å². The maximum atomic E-state index is 11.8. The Morgan fingerprint density at radius 1 is 1.68 bits per heavy atom. The van der Waals surface area contributed by atoms with Crippen LogP contribution in [0.4, 0.5) is 0 Å². The number of amides is 1. The number of carbonyl (C=O) groups is 1. The molecule has 2 aromatic rings. The van der Waals surface area contributed by atoms with Gasteiger partial charge in [0.1, 0.15) is 5.51 Å². The predicted molar refractivity (Wildman–Crippen MR) is 72.0 cm³/mol. The van der Waals surface area contributed by atoms with Gasteiger partial charge in [0.2, 0.25) is 10.9 Å². The maximum Gasteiger partial charge on any atom is 0.234 e. The first-order valence-electron chi connectivity index (χ1n) is 5.97. The van der Waals surface area contributed by atoms with Gasteiger partial charge in [0.25, 0.3) is 0 Å². The summed E-state index contributed by atoms with van der Waals surface area (Å²) in [6.07, 6.45) is 1.81. The molecule has 0 aliphatic heterocycles. The van der Waals surface area contributed by atoms with Crippen LogP contribution in [0.5, 0.6) is 0 Å². The van der Waals surface area contributed by atoms with Crippen LogP contribution < -0.4 is 5.32 Å². The molecule has 1 atom stereocenters. The zero-order valence-electron chi connectivity index (χ0n) is 10.9. The molecular formula is C11H17N5O2S. The number of hydrogen-bond donors (Lipinski definition) is 2. The second-order valence-electron chi connectivity index (χ2n) is 4.38. The van der Waals surface area contributed by atoms with Gasteiger partial charge in [-0.3, -0.25) is 9.69 Å². The highest BCUT2D eigenvalue weighted by Crippen LogP contribution is 2.14. The third-order valence-electron chi connectivity index (χ3n) is 2.72. The fourth-order valence-corrected chi connectivity index (χ4v) is 2.33. The quantitative estimate of drug-likeness (QED) is 0.773. The lowest BCUT2D eigenvalue weighted by molar-refractivity contribution is -0.122. The molecule has 0 aromatic carbocycles. The van der Waals surface area contributed by atoms with Gasteiger partial charge in [0.05, 0.1) is 31.1 Å². The van der Waals surface area contributed by atoms with Crippen molar-refractivity contribution in [2.24, 2.45) is 0 Å². The molecule has 19 heavy (non-hydrogen) atoms. The molecule has 8 heteroatoms. The van der Waals surface area contributed by atoms with E-state index in [1.54, 1.807) is 22.0 Å². The summed E-state index contributed by atoms with van der Waals surface area (Å²) in [6.45, 7) is 2.66. The molecule has 0 bridgehead atoms. The second kappa shape index (κ2) is 6.09. The van der Waals surface area contributed by atoms with Crippen molar-refractivity contribution in [3.05, 3.63) is 17.4 Å².